The summed E-state index contributed by atoms with van der Waals surface area (Å²) in [6.07, 6.45) is 9.04. The van der Waals surface area contributed by atoms with E-state index in [1.807, 2.05) is 12.1 Å². The van der Waals surface area contributed by atoms with Crippen LogP contribution in [-0.2, 0) is 9.59 Å². The number of thiazole rings is 1. The van der Waals surface area contributed by atoms with E-state index in [1.165, 1.54) is 29.9 Å². The highest BCUT2D eigenvalue weighted by Crippen LogP contribution is 2.36. The van der Waals surface area contributed by atoms with E-state index in [9.17, 15) is 18.8 Å². The third kappa shape index (κ3) is 7.16. The normalized spacial score (nSPS) is 17.9. The number of carbonyl (C=O) groups is 3. The van der Waals surface area contributed by atoms with Crippen molar-refractivity contribution < 1.29 is 18.8 Å². The second-order valence-corrected chi connectivity index (χ2v) is 11.7. The molecule has 0 bridgehead atoms. The van der Waals surface area contributed by atoms with E-state index in [1.54, 1.807) is 35.4 Å². The van der Waals surface area contributed by atoms with Crippen LogP contribution in [0, 0.1) is 23.1 Å². The average Bonchev–Trinajstić information content (AvgIpc) is 3.61. The van der Waals surface area contributed by atoms with Gasteiger partial charge in [0.05, 0.1) is 17.5 Å². The molecule has 3 aliphatic rings. The Kier molecular flexibility index (Phi) is 8.74. The predicted molar refractivity (Wildman–Crippen MR) is 154 cm³/mol. The van der Waals surface area contributed by atoms with E-state index in [0.29, 0.717) is 18.7 Å². The first-order valence-electron chi connectivity index (χ1n) is 14.0. The molecule has 41 heavy (non-hydrogen) atoms. The Labute approximate surface area is 242 Å². The second-order valence-electron chi connectivity index (χ2n) is 10.7. The molecule has 3 aromatic rings. The van der Waals surface area contributed by atoms with Gasteiger partial charge in [-0.3, -0.25) is 14.4 Å². The molecule has 1 saturated heterocycles. The first kappa shape index (κ1) is 28.4. The molecule has 0 unspecified atom stereocenters. The summed E-state index contributed by atoms with van der Waals surface area (Å²) < 4.78 is 13.1. The van der Waals surface area contributed by atoms with Crippen LogP contribution in [0.2, 0.25) is 0 Å². The number of nitrogens with zero attached hydrogens (tertiary/aromatic N) is 3. The molecule has 2 aromatic carbocycles. The fourth-order valence-electron chi connectivity index (χ4n) is 5.00. The number of amides is 3. The molecule has 10 heteroatoms. The van der Waals surface area contributed by atoms with E-state index in [4.69, 9.17) is 5.26 Å². The van der Waals surface area contributed by atoms with Crippen molar-refractivity contribution in [2.75, 3.05) is 19.6 Å². The smallest absolute Gasteiger partial charge is 0.254 e. The Balaban J connectivity index is 0.000000202. The standard InChI is InChI=1S/C20H16FN3O2S.C11H16N2O/c21-16-7-5-14(6-8-16)19-23-11-17(27-19)13-1-3-15(4-2-13)20(26)24-10-9-22-18(25)12-24;12-8-11(6-7-11)13-10(14)9-4-2-1-3-5-9/h1-8,11H,9-10,12H2,(H,22,25);9H,1-7H2,(H,13,14). The number of hydrogen-bond donors (Lipinski definition) is 2. The lowest BCUT2D eigenvalue weighted by atomic mass is 9.88. The molecule has 1 aliphatic heterocycles. The van der Waals surface area contributed by atoms with Crippen LogP contribution in [0.5, 0.6) is 0 Å². The highest BCUT2D eigenvalue weighted by atomic mass is 32.1. The topological polar surface area (TPSA) is 115 Å². The lowest BCUT2D eigenvalue weighted by Crippen LogP contribution is -2.49. The van der Waals surface area contributed by atoms with Crippen molar-refractivity contribution in [3.63, 3.8) is 0 Å². The Morgan fingerprint density at radius 1 is 1.05 bits per heavy atom. The molecule has 6 rings (SSSR count). The van der Waals surface area contributed by atoms with Crippen LogP contribution in [0.25, 0.3) is 21.0 Å². The highest BCUT2D eigenvalue weighted by Gasteiger charge is 2.45. The lowest BCUT2D eigenvalue weighted by Gasteiger charge is -2.26. The van der Waals surface area contributed by atoms with Crippen LogP contribution in [0.4, 0.5) is 4.39 Å². The summed E-state index contributed by atoms with van der Waals surface area (Å²) in [5.41, 5.74) is 1.89. The number of nitrogens with one attached hydrogen (secondary N) is 2. The van der Waals surface area contributed by atoms with Crippen LogP contribution in [-0.4, -0.2) is 52.8 Å². The average molecular weight is 574 g/mol. The molecule has 3 fully saturated rings. The molecule has 2 N–H and O–H groups in total. The van der Waals surface area contributed by atoms with Crippen molar-refractivity contribution >= 4 is 29.1 Å². The van der Waals surface area contributed by atoms with Crippen LogP contribution < -0.4 is 10.6 Å². The number of rotatable bonds is 5. The van der Waals surface area contributed by atoms with Crippen LogP contribution >= 0.6 is 11.3 Å². The van der Waals surface area contributed by atoms with Gasteiger partial charge in [-0.05, 0) is 67.6 Å². The number of halogens is 1. The quantitative estimate of drug-likeness (QED) is 0.449. The minimum atomic E-state index is -0.478. The Morgan fingerprint density at radius 3 is 2.37 bits per heavy atom. The third-order valence-corrected chi connectivity index (χ3v) is 8.74. The highest BCUT2D eigenvalue weighted by molar-refractivity contribution is 7.18. The largest absolute Gasteiger partial charge is 0.353 e. The monoisotopic (exact) mass is 573 g/mol. The SMILES string of the molecule is N#CC1(NC(=O)C2CCCCC2)CC1.O=C1CN(C(=O)c2ccc(-c3cnc(-c4ccc(F)cc4)s3)cc2)CCN1. The molecule has 0 radical (unpaired) electrons. The summed E-state index contributed by atoms with van der Waals surface area (Å²) in [6.45, 7) is 1.09. The lowest BCUT2D eigenvalue weighted by molar-refractivity contribution is -0.126. The third-order valence-electron chi connectivity index (χ3n) is 7.64. The van der Waals surface area contributed by atoms with Crippen molar-refractivity contribution in [3.05, 3.63) is 66.1 Å². The van der Waals surface area contributed by atoms with Gasteiger partial charge in [-0.1, -0.05) is 31.4 Å². The van der Waals surface area contributed by atoms with E-state index >= 15 is 0 Å². The van der Waals surface area contributed by atoms with Gasteiger partial charge in [-0.25, -0.2) is 9.37 Å². The number of benzene rings is 2. The minimum absolute atomic E-state index is 0.0937. The molecule has 2 aliphatic carbocycles. The predicted octanol–water partition coefficient (Wildman–Crippen LogP) is 4.93. The fourth-order valence-corrected chi connectivity index (χ4v) is 5.92. The van der Waals surface area contributed by atoms with Gasteiger partial charge in [0.25, 0.3) is 5.91 Å². The van der Waals surface area contributed by atoms with Gasteiger partial charge in [0.15, 0.2) is 0 Å². The van der Waals surface area contributed by atoms with Crippen LogP contribution in [0.15, 0.2) is 54.7 Å². The van der Waals surface area contributed by atoms with Gasteiger partial charge >= 0.3 is 0 Å². The van der Waals surface area contributed by atoms with Gasteiger partial charge in [0.1, 0.15) is 16.4 Å². The summed E-state index contributed by atoms with van der Waals surface area (Å²) in [6, 6.07) is 15.7. The maximum atomic E-state index is 13.1. The summed E-state index contributed by atoms with van der Waals surface area (Å²) in [7, 11) is 0. The van der Waals surface area contributed by atoms with Crippen LogP contribution in [0.1, 0.15) is 55.3 Å². The number of piperazine rings is 1. The van der Waals surface area contributed by atoms with Gasteiger partial charge in [0.2, 0.25) is 11.8 Å². The van der Waals surface area contributed by atoms with Crippen molar-refractivity contribution in [2.24, 2.45) is 5.92 Å². The fraction of sp³-hybridized carbons (Fsp3) is 0.387. The number of hydrogen-bond acceptors (Lipinski definition) is 6. The number of nitriles is 1. The van der Waals surface area contributed by atoms with E-state index < -0.39 is 5.54 Å². The van der Waals surface area contributed by atoms with Crippen molar-refractivity contribution in [1.82, 2.24) is 20.5 Å². The summed E-state index contributed by atoms with van der Waals surface area (Å²) in [5.74, 6) is -0.266. The first-order valence-corrected chi connectivity index (χ1v) is 14.8. The molecule has 2 heterocycles. The second kappa shape index (κ2) is 12.6. The molecular formula is C31H32FN5O3S. The zero-order valence-corrected chi connectivity index (χ0v) is 23.5. The summed E-state index contributed by atoms with van der Waals surface area (Å²) in [4.78, 5) is 42.6. The maximum Gasteiger partial charge on any atom is 0.254 e. The van der Waals surface area contributed by atoms with Crippen LogP contribution in [0.3, 0.4) is 0 Å². The van der Waals surface area contributed by atoms with E-state index in [2.05, 4.69) is 21.7 Å². The molecule has 2 saturated carbocycles. The molecule has 1 aromatic heterocycles. The molecule has 0 spiro atoms. The van der Waals surface area contributed by atoms with Gasteiger partial charge in [0, 0.05) is 36.3 Å². The van der Waals surface area contributed by atoms with Crippen molar-refractivity contribution in [1.29, 1.82) is 5.26 Å². The van der Waals surface area contributed by atoms with Crippen molar-refractivity contribution in [2.45, 2.75) is 50.5 Å². The summed E-state index contributed by atoms with van der Waals surface area (Å²) >= 11 is 1.51. The zero-order chi connectivity index (χ0) is 28.8. The van der Waals surface area contributed by atoms with Crippen molar-refractivity contribution in [3.8, 4) is 27.1 Å². The zero-order valence-electron chi connectivity index (χ0n) is 22.7. The molecule has 0 atom stereocenters. The maximum absolute atomic E-state index is 13.1. The molecule has 3 amide bonds. The van der Waals surface area contributed by atoms with Gasteiger partial charge in [-0.15, -0.1) is 11.3 Å². The Hall–Kier alpha value is -4.10. The first-order chi connectivity index (χ1) is 19.9. The Morgan fingerprint density at radius 2 is 1.73 bits per heavy atom. The van der Waals surface area contributed by atoms with Gasteiger partial charge < -0.3 is 15.5 Å². The summed E-state index contributed by atoms with van der Waals surface area (Å²) in [5, 5.41) is 15.2. The molecule has 212 valence electrons. The van der Waals surface area contributed by atoms with Gasteiger partial charge in [-0.2, -0.15) is 5.26 Å². The minimum Gasteiger partial charge on any atom is -0.353 e. The Bertz CT molecular complexity index is 1440. The number of carbonyl (C=O) groups excluding carboxylic acids is 3. The molecule has 8 nitrogen and oxygen atoms in total. The molecular weight excluding hydrogens is 541 g/mol. The number of aromatic nitrogens is 1. The van der Waals surface area contributed by atoms with E-state index in [-0.39, 0.29) is 36.0 Å². The van der Waals surface area contributed by atoms with E-state index in [0.717, 1.165) is 59.5 Å².